The molecule has 0 saturated carbocycles. The van der Waals surface area contributed by atoms with Crippen LogP contribution in [0.4, 0.5) is 0 Å². The molecule has 14 heavy (non-hydrogen) atoms. The first-order chi connectivity index (χ1) is 6.47. The van der Waals surface area contributed by atoms with Gasteiger partial charge in [-0.2, -0.15) is 0 Å². The highest BCUT2D eigenvalue weighted by Crippen LogP contribution is 2.09. The van der Waals surface area contributed by atoms with Gasteiger partial charge in [0.05, 0.1) is 6.26 Å². The second kappa shape index (κ2) is 4.77. The van der Waals surface area contributed by atoms with Crippen molar-refractivity contribution in [2.45, 2.75) is 6.42 Å². The molecule has 0 bridgehead atoms. The maximum atomic E-state index is 10.7. The van der Waals surface area contributed by atoms with Gasteiger partial charge >= 0.3 is 0 Å². The largest absolute Gasteiger partial charge is 0.215 e. The molecule has 3 nitrogen and oxygen atoms in total. The number of hydrogen-bond acceptors (Lipinski definition) is 2. The normalized spacial score (nSPS) is 11.6. The highest BCUT2D eigenvalue weighted by atomic mass is 35.5. The van der Waals surface area contributed by atoms with Crippen LogP contribution in [-0.4, -0.2) is 21.2 Å². The Balaban J connectivity index is 2.43. The van der Waals surface area contributed by atoms with Gasteiger partial charge in [-0.15, -0.1) is 0 Å². The van der Waals surface area contributed by atoms with Crippen molar-refractivity contribution in [1.82, 2.24) is 4.72 Å². The van der Waals surface area contributed by atoms with E-state index in [0.29, 0.717) is 18.0 Å². The van der Waals surface area contributed by atoms with Crippen molar-refractivity contribution in [3.05, 3.63) is 34.9 Å². The maximum Gasteiger partial charge on any atom is 0.208 e. The van der Waals surface area contributed by atoms with E-state index in [2.05, 4.69) is 4.72 Å². The monoisotopic (exact) mass is 233 g/mol. The van der Waals surface area contributed by atoms with E-state index >= 15 is 0 Å². The van der Waals surface area contributed by atoms with Crippen LogP contribution in [0.3, 0.4) is 0 Å². The molecule has 1 aromatic rings. The first-order valence-electron chi connectivity index (χ1n) is 4.16. The Morgan fingerprint density at radius 2 is 1.86 bits per heavy atom. The van der Waals surface area contributed by atoms with Crippen LogP contribution in [0.25, 0.3) is 0 Å². The summed E-state index contributed by atoms with van der Waals surface area (Å²) < 4.78 is 23.9. The summed E-state index contributed by atoms with van der Waals surface area (Å²) in [5.41, 5.74) is 1.06. The van der Waals surface area contributed by atoms with Gasteiger partial charge in [-0.25, -0.2) is 13.1 Å². The molecule has 0 saturated heterocycles. The van der Waals surface area contributed by atoms with Crippen LogP contribution in [0, 0.1) is 0 Å². The van der Waals surface area contributed by atoms with E-state index in [-0.39, 0.29) is 0 Å². The summed E-state index contributed by atoms with van der Waals surface area (Å²) in [5, 5.41) is 0.685. The second-order valence-corrected chi connectivity index (χ2v) is 5.31. The molecule has 1 aromatic carbocycles. The molecule has 0 aromatic heterocycles. The van der Waals surface area contributed by atoms with Crippen molar-refractivity contribution in [3.8, 4) is 0 Å². The Hall–Kier alpha value is -0.580. The van der Waals surface area contributed by atoms with Crippen molar-refractivity contribution in [2.75, 3.05) is 12.8 Å². The lowest BCUT2D eigenvalue weighted by atomic mass is 10.2. The number of benzene rings is 1. The van der Waals surface area contributed by atoms with Gasteiger partial charge in [0, 0.05) is 11.6 Å². The van der Waals surface area contributed by atoms with Gasteiger partial charge < -0.3 is 0 Å². The molecular weight excluding hydrogens is 222 g/mol. The Morgan fingerprint density at radius 1 is 1.29 bits per heavy atom. The average Bonchev–Trinajstić information content (AvgIpc) is 2.06. The molecule has 78 valence electrons. The Bertz CT molecular complexity index is 386. The minimum atomic E-state index is -3.08. The van der Waals surface area contributed by atoms with Crippen LogP contribution in [-0.2, 0) is 16.4 Å². The molecule has 1 rings (SSSR count). The van der Waals surface area contributed by atoms with Crippen molar-refractivity contribution >= 4 is 21.6 Å². The predicted molar refractivity (Wildman–Crippen MR) is 58.0 cm³/mol. The third kappa shape index (κ3) is 4.60. The lowest BCUT2D eigenvalue weighted by Crippen LogP contribution is -2.24. The summed E-state index contributed by atoms with van der Waals surface area (Å²) in [6.45, 7) is 0.417. The SMILES string of the molecule is CS(=O)(=O)NCCc1ccc(Cl)cc1. The Labute approximate surface area is 89.1 Å². The van der Waals surface area contributed by atoms with E-state index in [1.807, 2.05) is 12.1 Å². The number of halogens is 1. The van der Waals surface area contributed by atoms with E-state index in [0.717, 1.165) is 11.8 Å². The van der Waals surface area contributed by atoms with Crippen molar-refractivity contribution < 1.29 is 8.42 Å². The molecule has 0 amide bonds. The van der Waals surface area contributed by atoms with Gasteiger partial charge in [0.2, 0.25) is 10.0 Å². The van der Waals surface area contributed by atoms with Crippen LogP contribution in [0.15, 0.2) is 24.3 Å². The smallest absolute Gasteiger partial charge is 0.208 e. The zero-order valence-corrected chi connectivity index (χ0v) is 9.40. The summed E-state index contributed by atoms with van der Waals surface area (Å²) in [7, 11) is -3.08. The topological polar surface area (TPSA) is 46.2 Å². The first-order valence-corrected chi connectivity index (χ1v) is 6.43. The molecule has 0 aliphatic rings. The molecule has 0 fully saturated rings. The van der Waals surface area contributed by atoms with E-state index in [4.69, 9.17) is 11.6 Å². The summed E-state index contributed by atoms with van der Waals surface area (Å²) in [6.07, 6.45) is 1.82. The quantitative estimate of drug-likeness (QED) is 0.855. The highest BCUT2D eigenvalue weighted by molar-refractivity contribution is 7.88. The van der Waals surface area contributed by atoms with Crippen molar-refractivity contribution in [3.63, 3.8) is 0 Å². The summed E-state index contributed by atoms with van der Waals surface area (Å²) >= 11 is 5.71. The van der Waals surface area contributed by atoms with E-state index < -0.39 is 10.0 Å². The van der Waals surface area contributed by atoms with Crippen LogP contribution in [0.2, 0.25) is 5.02 Å². The molecule has 0 aliphatic carbocycles. The summed E-state index contributed by atoms with van der Waals surface area (Å²) in [6, 6.07) is 7.34. The first kappa shape index (κ1) is 11.5. The lowest BCUT2D eigenvalue weighted by Gasteiger charge is -2.02. The van der Waals surface area contributed by atoms with Crippen LogP contribution in [0.1, 0.15) is 5.56 Å². The van der Waals surface area contributed by atoms with E-state index in [1.165, 1.54) is 0 Å². The van der Waals surface area contributed by atoms with Gasteiger partial charge in [-0.3, -0.25) is 0 Å². The molecule has 5 heteroatoms. The van der Waals surface area contributed by atoms with Gasteiger partial charge in [0.15, 0.2) is 0 Å². The number of nitrogens with one attached hydrogen (secondary N) is 1. The van der Waals surface area contributed by atoms with Crippen molar-refractivity contribution in [2.24, 2.45) is 0 Å². The molecule has 0 radical (unpaired) electrons. The molecule has 1 N–H and O–H groups in total. The molecular formula is C9H12ClNO2S. The van der Waals surface area contributed by atoms with Gasteiger partial charge in [-0.1, -0.05) is 23.7 Å². The molecule has 0 aliphatic heterocycles. The number of rotatable bonds is 4. The van der Waals surface area contributed by atoms with E-state index in [1.54, 1.807) is 12.1 Å². The average molecular weight is 234 g/mol. The lowest BCUT2D eigenvalue weighted by molar-refractivity contribution is 0.588. The molecule has 0 spiro atoms. The summed E-state index contributed by atoms with van der Waals surface area (Å²) in [5.74, 6) is 0. The van der Waals surface area contributed by atoms with Gasteiger partial charge in [0.25, 0.3) is 0 Å². The third-order valence-electron chi connectivity index (χ3n) is 1.69. The number of hydrogen-bond donors (Lipinski definition) is 1. The summed E-state index contributed by atoms with van der Waals surface area (Å²) in [4.78, 5) is 0. The second-order valence-electron chi connectivity index (χ2n) is 3.04. The molecule has 0 atom stereocenters. The molecule has 0 heterocycles. The maximum absolute atomic E-state index is 10.7. The minimum Gasteiger partial charge on any atom is -0.215 e. The molecule has 0 unspecified atom stereocenters. The van der Waals surface area contributed by atoms with Crippen LogP contribution >= 0.6 is 11.6 Å². The minimum absolute atomic E-state index is 0.417. The zero-order chi connectivity index (χ0) is 10.6. The predicted octanol–water partition coefficient (Wildman–Crippen LogP) is 1.43. The zero-order valence-electron chi connectivity index (χ0n) is 7.83. The fourth-order valence-corrected chi connectivity index (χ4v) is 1.63. The fourth-order valence-electron chi connectivity index (χ4n) is 1.03. The highest BCUT2D eigenvalue weighted by Gasteiger charge is 1.99. The van der Waals surface area contributed by atoms with Crippen molar-refractivity contribution in [1.29, 1.82) is 0 Å². The van der Waals surface area contributed by atoms with Gasteiger partial charge in [-0.05, 0) is 24.1 Å². The Kier molecular flexibility index (Phi) is 3.92. The van der Waals surface area contributed by atoms with E-state index in [9.17, 15) is 8.42 Å². The standard InChI is InChI=1S/C9H12ClNO2S/c1-14(12,13)11-7-6-8-2-4-9(10)5-3-8/h2-5,11H,6-7H2,1H3. The van der Waals surface area contributed by atoms with Gasteiger partial charge in [0.1, 0.15) is 0 Å². The van der Waals surface area contributed by atoms with Crippen LogP contribution < -0.4 is 4.72 Å². The Morgan fingerprint density at radius 3 is 2.36 bits per heavy atom. The van der Waals surface area contributed by atoms with Crippen LogP contribution in [0.5, 0.6) is 0 Å². The number of sulfonamides is 1. The fraction of sp³-hybridized carbons (Fsp3) is 0.333. The third-order valence-corrected chi connectivity index (χ3v) is 2.67.